The Morgan fingerprint density at radius 2 is 1.70 bits per heavy atom. The van der Waals surface area contributed by atoms with E-state index in [0.29, 0.717) is 6.42 Å². The van der Waals surface area contributed by atoms with Crippen LogP contribution in [0.2, 0.25) is 0 Å². The van der Waals surface area contributed by atoms with Crippen LogP contribution in [0.4, 0.5) is 0 Å². The molecule has 4 nitrogen and oxygen atoms in total. The molecular formula is C23H26N2O2. The molecule has 2 aromatic carbocycles. The number of rotatable bonds is 7. The summed E-state index contributed by atoms with van der Waals surface area (Å²) in [5.41, 5.74) is 3.11. The van der Waals surface area contributed by atoms with Crippen molar-refractivity contribution in [1.29, 1.82) is 0 Å². The van der Waals surface area contributed by atoms with Crippen molar-refractivity contribution in [3.05, 3.63) is 84.2 Å². The molecule has 0 saturated heterocycles. The number of amides is 1. The van der Waals surface area contributed by atoms with E-state index in [4.69, 9.17) is 4.74 Å². The highest BCUT2D eigenvalue weighted by atomic mass is 16.5. The molecule has 0 aliphatic rings. The van der Waals surface area contributed by atoms with Crippen molar-refractivity contribution in [1.82, 2.24) is 9.88 Å². The van der Waals surface area contributed by atoms with E-state index in [9.17, 15) is 4.79 Å². The quantitative estimate of drug-likeness (QED) is 0.663. The smallest absolute Gasteiger partial charge is 0.224 e. The molecule has 0 saturated carbocycles. The van der Waals surface area contributed by atoms with Crippen LogP contribution in [0.15, 0.2) is 73.1 Å². The van der Waals surface area contributed by atoms with Gasteiger partial charge in [-0.1, -0.05) is 24.3 Å². The van der Waals surface area contributed by atoms with E-state index >= 15 is 0 Å². The Kier molecular flexibility index (Phi) is 5.97. The van der Waals surface area contributed by atoms with E-state index in [1.807, 2.05) is 98.4 Å². The summed E-state index contributed by atoms with van der Waals surface area (Å²) >= 11 is 0. The van der Waals surface area contributed by atoms with Crippen LogP contribution in [0.1, 0.15) is 37.9 Å². The highest BCUT2D eigenvalue weighted by molar-refractivity contribution is 5.79. The lowest BCUT2D eigenvalue weighted by Gasteiger charge is -2.17. The second-order valence-electron chi connectivity index (χ2n) is 6.96. The number of nitrogens with one attached hydrogen (secondary N) is 1. The summed E-state index contributed by atoms with van der Waals surface area (Å²) in [4.78, 5) is 12.4. The summed E-state index contributed by atoms with van der Waals surface area (Å²) < 4.78 is 7.77. The predicted molar refractivity (Wildman–Crippen MR) is 108 cm³/mol. The van der Waals surface area contributed by atoms with Crippen molar-refractivity contribution in [3.8, 4) is 11.4 Å². The summed E-state index contributed by atoms with van der Waals surface area (Å²) in [6, 6.07) is 19.8. The van der Waals surface area contributed by atoms with Crippen LogP contribution in [-0.4, -0.2) is 16.6 Å². The Morgan fingerprint density at radius 3 is 2.37 bits per heavy atom. The molecule has 1 amide bonds. The van der Waals surface area contributed by atoms with Gasteiger partial charge in [-0.3, -0.25) is 4.79 Å². The molecule has 27 heavy (non-hydrogen) atoms. The normalized spacial score (nSPS) is 12.0. The maximum atomic E-state index is 12.4. The summed E-state index contributed by atoms with van der Waals surface area (Å²) in [6.45, 7) is 5.99. The third-order valence-corrected chi connectivity index (χ3v) is 4.31. The first kappa shape index (κ1) is 18.8. The molecule has 1 N–H and O–H groups in total. The van der Waals surface area contributed by atoms with Crippen molar-refractivity contribution in [2.45, 2.75) is 39.3 Å². The van der Waals surface area contributed by atoms with E-state index in [1.165, 1.54) is 0 Å². The van der Waals surface area contributed by atoms with Crippen molar-refractivity contribution < 1.29 is 9.53 Å². The lowest BCUT2D eigenvalue weighted by Crippen LogP contribution is -2.28. The minimum absolute atomic E-state index is 0.00592. The monoisotopic (exact) mass is 362 g/mol. The molecule has 1 aromatic heterocycles. The molecule has 1 atom stereocenters. The number of benzene rings is 2. The number of aromatic nitrogens is 1. The Labute approximate surface area is 160 Å². The number of ether oxygens (including phenoxy) is 1. The molecule has 0 spiro atoms. The fourth-order valence-electron chi connectivity index (χ4n) is 2.98. The Balaban J connectivity index is 1.58. The Morgan fingerprint density at radius 1 is 1.00 bits per heavy atom. The average molecular weight is 362 g/mol. The van der Waals surface area contributed by atoms with Crippen molar-refractivity contribution in [3.63, 3.8) is 0 Å². The van der Waals surface area contributed by atoms with Crippen LogP contribution in [0.25, 0.3) is 5.69 Å². The first-order valence-corrected chi connectivity index (χ1v) is 9.29. The van der Waals surface area contributed by atoms with Gasteiger partial charge in [-0.15, -0.1) is 0 Å². The molecular weight excluding hydrogens is 336 g/mol. The first-order chi connectivity index (χ1) is 13.0. The van der Waals surface area contributed by atoms with E-state index in [0.717, 1.165) is 22.6 Å². The molecule has 0 fully saturated rings. The van der Waals surface area contributed by atoms with Gasteiger partial charge >= 0.3 is 0 Å². The highest BCUT2D eigenvalue weighted by Crippen LogP contribution is 2.20. The van der Waals surface area contributed by atoms with Crippen LogP contribution in [-0.2, 0) is 11.2 Å². The molecule has 3 aromatic rings. The second kappa shape index (κ2) is 8.58. The molecule has 4 heteroatoms. The van der Waals surface area contributed by atoms with E-state index in [1.54, 1.807) is 0 Å². The number of carbonyl (C=O) groups is 1. The predicted octanol–water partition coefficient (Wildman–Crippen LogP) is 4.68. The average Bonchev–Trinajstić information content (AvgIpc) is 3.16. The Hall–Kier alpha value is -3.01. The van der Waals surface area contributed by atoms with Gasteiger partial charge in [0, 0.05) is 18.1 Å². The van der Waals surface area contributed by atoms with Crippen molar-refractivity contribution in [2.24, 2.45) is 0 Å². The standard InChI is InChI=1S/C23H26N2O2/c1-17(2)27-22-8-6-7-20(16-22)18(3)24-23(26)15-19-9-11-21(12-10-19)25-13-4-5-14-25/h4-14,16-18H,15H2,1-3H3,(H,24,26). The van der Waals surface area contributed by atoms with E-state index in [2.05, 4.69) is 5.32 Å². The van der Waals surface area contributed by atoms with Gasteiger partial charge in [0.25, 0.3) is 0 Å². The summed E-state index contributed by atoms with van der Waals surface area (Å²) in [7, 11) is 0. The van der Waals surface area contributed by atoms with Gasteiger partial charge < -0.3 is 14.6 Å². The maximum absolute atomic E-state index is 12.4. The first-order valence-electron chi connectivity index (χ1n) is 9.29. The summed E-state index contributed by atoms with van der Waals surface area (Å²) in [5.74, 6) is 0.829. The molecule has 0 radical (unpaired) electrons. The van der Waals surface area contributed by atoms with Crippen molar-refractivity contribution >= 4 is 5.91 Å². The van der Waals surface area contributed by atoms with Gasteiger partial charge in [0.1, 0.15) is 5.75 Å². The van der Waals surface area contributed by atoms with Gasteiger partial charge in [0.15, 0.2) is 0 Å². The van der Waals surface area contributed by atoms with E-state index in [-0.39, 0.29) is 18.1 Å². The lowest BCUT2D eigenvalue weighted by atomic mass is 10.1. The summed E-state index contributed by atoms with van der Waals surface area (Å²) in [6.07, 6.45) is 4.49. The van der Waals surface area contributed by atoms with Crippen LogP contribution in [0.3, 0.4) is 0 Å². The Bertz CT molecular complexity index is 868. The van der Waals surface area contributed by atoms with Crippen LogP contribution in [0.5, 0.6) is 5.75 Å². The molecule has 1 unspecified atom stereocenters. The molecule has 0 aliphatic carbocycles. The van der Waals surface area contributed by atoms with E-state index < -0.39 is 0 Å². The molecule has 1 heterocycles. The van der Waals surface area contributed by atoms with Crippen LogP contribution >= 0.6 is 0 Å². The minimum Gasteiger partial charge on any atom is -0.491 e. The number of carbonyl (C=O) groups excluding carboxylic acids is 1. The third kappa shape index (κ3) is 5.23. The third-order valence-electron chi connectivity index (χ3n) is 4.31. The zero-order chi connectivity index (χ0) is 19.2. The van der Waals surface area contributed by atoms with Gasteiger partial charge in [-0.2, -0.15) is 0 Å². The number of hydrogen-bond donors (Lipinski definition) is 1. The highest BCUT2D eigenvalue weighted by Gasteiger charge is 2.11. The molecule has 0 aliphatic heterocycles. The fourth-order valence-corrected chi connectivity index (χ4v) is 2.98. The summed E-state index contributed by atoms with van der Waals surface area (Å²) in [5, 5.41) is 3.07. The van der Waals surface area contributed by atoms with Gasteiger partial charge in [0.05, 0.1) is 18.6 Å². The topological polar surface area (TPSA) is 43.3 Å². The fraction of sp³-hybridized carbons (Fsp3) is 0.261. The molecule has 0 bridgehead atoms. The zero-order valence-electron chi connectivity index (χ0n) is 16.1. The maximum Gasteiger partial charge on any atom is 0.224 e. The number of hydrogen-bond acceptors (Lipinski definition) is 2. The second-order valence-corrected chi connectivity index (χ2v) is 6.96. The van der Waals surface area contributed by atoms with Crippen LogP contribution < -0.4 is 10.1 Å². The zero-order valence-corrected chi connectivity index (χ0v) is 16.1. The van der Waals surface area contributed by atoms with Gasteiger partial charge in [-0.25, -0.2) is 0 Å². The molecule has 3 rings (SSSR count). The van der Waals surface area contributed by atoms with Crippen molar-refractivity contribution in [2.75, 3.05) is 0 Å². The number of nitrogens with zero attached hydrogens (tertiary/aromatic N) is 1. The SMILES string of the molecule is CC(C)Oc1cccc(C(C)NC(=O)Cc2ccc(-n3cccc3)cc2)c1. The van der Waals surface area contributed by atoms with Crippen LogP contribution in [0, 0.1) is 0 Å². The molecule has 140 valence electrons. The minimum atomic E-state index is -0.0765. The lowest BCUT2D eigenvalue weighted by molar-refractivity contribution is -0.121. The largest absolute Gasteiger partial charge is 0.491 e. The van der Waals surface area contributed by atoms with Gasteiger partial charge in [0.2, 0.25) is 5.91 Å². The van der Waals surface area contributed by atoms with Gasteiger partial charge in [-0.05, 0) is 68.3 Å².